The highest BCUT2D eigenvalue weighted by Crippen LogP contribution is 2.15. The molecule has 0 rings (SSSR count). The van der Waals surface area contributed by atoms with Crippen LogP contribution < -0.4 is 0 Å². The Morgan fingerprint density at radius 2 is 0.565 bits per heavy atom. The van der Waals surface area contributed by atoms with Crippen LogP contribution in [0.1, 0.15) is 278 Å². The molecular formula is C63H108O6. The highest BCUT2D eigenvalue weighted by Gasteiger charge is 2.19. The number of carbonyl (C=O) groups is 3. The van der Waals surface area contributed by atoms with E-state index < -0.39 is 6.10 Å². The van der Waals surface area contributed by atoms with Gasteiger partial charge < -0.3 is 14.2 Å². The Balaban J connectivity index is 4.43. The van der Waals surface area contributed by atoms with E-state index in [4.69, 9.17) is 14.2 Å². The summed E-state index contributed by atoms with van der Waals surface area (Å²) < 4.78 is 16.8. The average molecular weight is 962 g/mol. The predicted octanol–water partition coefficient (Wildman–Crippen LogP) is 19.5. The Morgan fingerprint density at radius 3 is 0.957 bits per heavy atom. The molecule has 0 N–H and O–H groups in total. The van der Waals surface area contributed by atoms with Gasteiger partial charge in [-0.25, -0.2) is 0 Å². The Kier molecular flexibility index (Phi) is 54.3. The molecule has 0 heterocycles. The molecule has 0 saturated carbocycles. The molecule has 69 heavy (non-hydrogen) atoms. The van der Waals surface area contributed by atoms with E-state index in [-0.39, 0.29) is 31.1 Å². The summed E-state index contributed by atoms with van der Waals surface area (Å²) in [7, 11) is 0. The van der Waals surface area contributed by atoms with Crippen LogP contribution >= 0.6 is 0 Å². The maximum Gasteiger partial charge on any atom is 0.306 e. The minimum absolute atomic E-state index is 0.0934. The summed E-state index contributed by atoms with van der Waals surface area (Å²) in [6.45, 7) is 6.47. The lowest BCUT2D eigenvalue weighted by atomic mass is 10.1. The molecule has 0 amide bonds. The molecule has 0 fully saturated rings. The van der Waals surface area contributed by atoms with Gasteiger partial charge in [0.1, 0.15) is 13.2 Å². The maximum atomic E-state index is 12.9. The van der Waals surface area contributed by atoms with Gasteiger partial charge in [0, 0.05) is 19.3 Å². The van der Waals surface area contributed by atoms with Gasteiger partial charge in [-0.1, -0.05) is 228 Å². The number of allylic oxidation sites excluding steroid dienone is 14. The van der Waals surface area contributed by atoms with Gasteiger partial charge in [-0.15, -0.1) is 0 Å². The van der Waals surface area contributed by atoms with Crippen molar-refractivity contribution in [3.05, 3.63) is 85.1 Å². The van der Waals surface area contributed by atoms with Crippen molar-refractivity contribution in [2.45, 2.75) is 284 Å². The van der Waals surface area contributed by atoms with Gasteiger partial charge in [-0.05, 0) is 116 Å². The van der Waals surface area contributed by atoms with Crippen LogP contribution in [0.3, 0.4) is 0 Å². The number of esters is 3. The molecule has 0 bridgehead atoms. The lowest BCUT2D eigenvalue weighted by molar-refractivity contribution is -0.167. The predicted molar refractivity (Wildman–Crippen MR) is 297 cm³/mol. The third kappa shape index (κ3) is 55.4. The van der Waals surface area contributed by atoms with Crippen LogP contribution in [0, 0.1) is 0 Å². The molecule has 0 saturated heterocycles. The van der Waals surface area contributed by atoms with E-state index in [0.717, 1.165) is 89.9 Å². The quantitative estimate of drug-likeness (QED) is 0.0262. The Morgan fingerprint density at radius 1 is 0.304 bits per heavy atom. The van der Waals surface area contributed by atoms with Crippen molar-refractivity contribution < 1.29 is 28.6 Å². The lowest BCUT2D eigenvalue weighted by Crippen LogP contribution is -2.30. The molecule has 0 aliphatic rings. The molecule has 1 atom stereocenters. The molecule has 0 aliphatic carbocycles. The van der Waals surface area contributed by atoms with Gasteiger partial charge in [0.2, 0.25) is 0 Å². The van der Waals surface area contributed by atoms with E-state index >= 15 is 0 Å². The first-order chi connectivity index (χ1) is 34.0. The van der Waals surface area contributed by atoms with Crippen LogP contribution in [-0.4, -0.2) is 37.2 Å². The summed E-state index contributed by atoms with van der Waals surface area (Å²) in [4.78, 5) is 38.2. The summed E-state index contributed by atoms with van der Waals surface area (Å²) in [5.74, 6) is -0.939. The van der Waals surface area contributed by atoms with Gasteiger partial charge in [0.25, 0.3) is 0 Å². The number of hydrogen-bond donors (Lipinski definition) is 0. The molecule has 6 heteroatoms. The zero-order valence-electron chi connectivity index (χ0n) is 45.3. The smallest absolute Gasteiger partial charge is 0.306 e. The number of carbonyl (C=O) groups excluding carboxylic acids is 3. The molecule has 0 unspecified atom stereocenters. The van der Waals surface area contributed by atoms with Crippen LogP contribution in [0.2, 0.25) is 0 Å². The van der Waals surface area contributed by atoms with Crippen LogP contribution in [0.5, 0.6) is 0 Å². The summed E-state index contributed by atoms with van der Waals surface area (Å²) in [5, 5.41) is 0. The largest absolute Gasteiger partial charge is 0.462 e. The van der Waals surface area contributed by atoms with E-state index in [2.05, 4.69) is 106 Å². The second-order valence-corrected chi connectivity index (χ2v) is 19.2. The summed E-state index contributed by atoms with van der Waals surface area (Å²) in [6.07, 6.45) is 74.3. The minimum atomic E-state index is -0.798. The molecular weight excluding hydrogens is 853 g/mol. The van der Waals surface area contributed by atoms with Crippen molar-refractivity contribution in [1.29, 1.82) is 0 Å². The first kappa shape index (κ1) is 65.6. The Bertz CT molecular complexity index is 1330. The highest BCUT2D eigenvalue weighted by molar-refractivity contribution is 5.71. The lowest BCUT2D eigenvalue weighted by Gasteiger charge is -2.18. The van der Waals surface area contributed by atoms with Gasteiger partial charge >= 0.3 is 17.9 Å². The molecule has 0 aromatic rings. The van der Waals surface area contributed by atoms with Crippen LogP contribution in [-0.2, 0) is 28.6 Å². The number of hydrogen-bond acceptors (Lipinski definition) is 6. The zero-order valence-corrected chi connectivity index (χ0v) is 45.3. The minimum Gasteiger partial charge on any atom is -0.462 e. The second kappa shape index (κ2) is 57.2. The van der Waals surface area contributed by atoms with Crippen molar-refractivity contribution in [1.82, 2.24) is 0 Å². The Hall–Kier alpha value is -3.41. The van der Waals surface area contributed by atoms with Crippen molar-refractivity contribution >= 4 is 17.9 Å². The fourth-order valence-corrected chi connectivity index (χ4v) is 7.99. The summed E-state index contributed by atoms with van der Waals surface area (Å²) >= 11 is 0. The normalized spacial score (nSPS) is 12.7. The van der Waals surface area contributed by atoms with E-state index in [1.807, 2.05) is 0 Å². The number of rotatable bonds is 52. The first-order valence-electron chi connectivity index (χ1n) is 29.1. The molecule has 0 aromatic heterocycles. The highest BCUT2D eigenvalue weighted by atomic mass is 16.6. The second-order valence-electron chi connectivity index (χ2n) is 19.2. The molecule has 0 aromatic carbocycles. The van der Waals surface area contributed by atoms with E-state index in [0.29, 0.717) is 19.3 Å². The standard InChI is InChI=1S/C63H108O6/c1-4-7-10-13-16-19-22-25-28-30-31-33-35-38-41-44-47-50-53-56-62(65)68-59-60(58-67-61(64)55-52-49-46-43-40-37-34-27-24-21-18-15-12-9-6-3)69-63(66)57-54-51-48-45-42-39-36-32-29-26-23-20-17-14-11-8-5-2/h9,12,16,18-19,21,25-29,34,40,43,60H,4-8,10-11,13-15,17,20,22-24,30-33,35-39,41-42,44-59H2,1-3H3/b12-9-,19-16-,21-18-,28-25-,29-26-,34-27-,43-40-/t60-/m1/s1. The summed E-state index contributed by atoms with van der Waals surface area (Å²) in [6, 6.07) is 0. The zero-order chi connectivity index (χ0) is 50.0. The van der Waals surface area contributed by atoms with Gasteiger partial charge in [0.05, 0.1) is 0 Å². The summed E-state index contributed by atoms with van der Waals surface area (Å²) in [5.41, 5.74) is 0. The topological polar surface area (TPSA) is 78.9 Å². The van der Waals surface area contributed by atoms with Crippen LogP contribution in [0.15, 0.2) is 85.1 Å². The maximum absolute atomic E-state index is 12.9. The fourth-order valence-electron chi connectivity index (χ4n) is 7.99. The van der Waals surface area contributed by atoms with Crippen LogP contribution in [0.4, 0.5) is 0 Å². The van der Waals surface area contributed by atoms with Crippen molar-refractivity contribution in [2.75, 3.05) is 13.2 Å². The van der Waals surface area contributed by atoms with E-state index in [9.17, 15) is 14.4 Å². The monoisotopic (exact) mass is 961 g/mol. The third-order valence-electron chi connectivity index (χ3n) is 12.4. The van der Waals surface area contributed by atoms with Crippen molar-refractivity contribution in [2.24, 2.45) is 0 Å². The van der Waals surface area contributed by atoms with Crippen molar-refractivity contribution in [3.8, 4) is 0 Å². The van der Waals surface area contributed by atoms with E-state index in [1.54, 1.807) is 0 Å². The Labute approximate surface area is 426 Å². The molecule has 0 radical (unpaired) electrons. The molecule has 396 valence electrons. The van der Waals surface area contributed by atoms with Crippen LogP contribution in [0.25, 0.3) is 0 Å². The molecule has 0 spiro atoms. The molecule has 0 aliphatic heterocycles. The van der Waals surface area contributed by atoms with E-state index in [1.165, 1.54) is 148 Å². The van der Waals surface area contributed by atoms with Crippen molar-refractivity contribution in [3.63, 3.8) is 0 Å². The average Bonchev–Trinajstić information content (AvgIpc) is 3.35. The van der Waals surface area contributed by atoms with Gasteiger partial charge in [-0.3, -0.25) is 14.4 Å². The number of ether oxygens (including phenoxy) is 3. The van der Waals surface area contributed by atoms with Gasteiger partial charge in [0.15, 0.2) is 6.10 Å². The third-order valence-corrected chi connectivity index (χ3v) is 12.4. The number of unbranched alkanes of at least 4 members (excludes halogenated alkanes) is 27. The first-order valence-corrected chi connectivity index (χ1v) is 29.1. The fraction of sp³-hybridized carbons (Fsp3) is 0.730. The molecule has 6 nitrogen and oxygen atoms in total. The SMILES string of the molecule is CC/C=C\C/C=C\C/C=C\C/C=C\CCCCC(=O)OC[C@H](COC(=O)CCCCCCCCCCC/C=C\C/C=C\CCCCC)OC(=O)CCCCCCCCC/C=C\CCCCCCCC. The van der Waals surface area contributed by atoms with Gasteiger partial charge in [-0.2, -0.15) is 0 Å².